The van der Waals surface area contributed by atoms with Gasteiger partial charge in [-0.3, -0.25) is 9.35 Å². The summed E-state index contributed by atoms with van der Waals surface area (Å²) in [4.78, 5) is 25.7. The molecule has 0 radical (unpaired) electrons. The number of carbonyl (C=O) groups excluding carboxylic acids is 2. The highest BCUT2D eigenvalue weighted by atomic mass is 16.5. The number of fused-ring (bicyclic) bond motifs is 1. The van der Waals surface area contributed by atoms with Gasteiger partial charge in [-0.1, -0.05) is 66.7 Å². The Bertz CT molecular complexity index is 1630. The number of carbonyl (C=O) groups is 2. The summed E-state index contributed by atoms with van der Waals surface area (Å²) in [7, 11) is 1.38. The lowest BCUT2D eigenvalue weighted by atomic mass is 10.0. The van der Waals surface area contributed by atoms with E-state index in [0.29, 0.717) is 22.5 Å². The van der Waals surface area contributed by atoms with E-state index in [1.165, 1.54) is 7.11 Å². The number of ether oxygens (including phenoxy) is 2. The van der Waals surface area contributed by atoms with Crippen LogP contribution in [0.1, 0.15) is 39.0 Å². The molecule has 0 atom stereocenters. The van der Waals surface area contributed by atoms with Gasteiger partial charge in [-0.25, -0.2) is 9.59 Å². The molecular formula is C31H28N2O4. The van der Waals surface area contributed by atoms with Crippen LogP contribution in [0.4, 0.5) is 0 Å². The molecule has 0 saturated carbocycles. The third-order valence-corrected chi connectivity index (χ3v) is 6.65. The number of hydrogen-bond donors (Lipinski definition) is 0. The van der Waals surface area contributed by atoms with Crippen LogP contribution in [-0.2, 0) is 9.47 Å². The van der Waals surface area contributed by atoms with Crippen molar-refractivity contribution in [2.45, 2.75) is 20.8 Å². The van der Waals surface area contributed by atoms with Crippen LogP contribution in [0.15, 0.2) is 84.9 Å². The highest BCUT2D eigenvalue weighted by Gasteiger charge is 2.26. The number of esters is 2. The van der Waals surface area contributed by atoms with E-state index < -0.39 is 5.97 Å². The van der Waals surface area contributed by atoms with E-state index in [1.54, 1.807) is 6.92 Å². The van der Waals surface area contributed by atoms with Crippen LogP contribution in [0, 0.1) is 13.8 Å². The first-order valence-electron chi connectivity index (χ1n) is 12.2. The predicted molar refractivity (Wildman–Crippen MR) is 145 cm³/mol. The Morgan fingerprint density at radius 1 is 0.676 bits per heavy atom. The maximum atomic E-state index is 13.0. The second-order valence-electron chi connectivity index (χ2n) is 8.82. The molecular weight excluding hydrogens is 464 g/mol. The van der Waals surface area contributed by atoms with E-state index in [0.717, 1.165) is 33.3 Å². The average molecular weight is 493 g/mol. The average Bonchev–Trinajstić information content (AvgIpc) is 3.44. The van der Waals surface area contributed by atoms with Crippen molar-refractivity contribution < 1.29 is 19.1 Å². The van der Waals surface area contributed by atoms with Gasteiger partial charge in [-0.15, -0.1) is 0 Å². The standard InChI is InChI=1S/C31H28N2O4/c1-5-37-31(35)27-19-29(25-16-15-22-11-9-10-14-24(22)17-25)33(21(27)3)32-20(2)26(30(34)36-4)18-28(32)23-12-7-6-8-13-23/h6-19H,5H2,1-4H3. The SMILES string of the molecule is CCOC(=O)c1cc(-c2ccc3ccccc3c2)n(-n2c(-c3ccccc3)cc(C(=O)OC)c2C)c1C. The summed E-state index contributed by atoms with van der Waals surface area (Å²) in [5.74, 6) is -0.809. The van der Waals surface area contributed by atoms with Gasteiger partial charge in [0.2, 0.25) is 0 Å². The maximum absolute atomic E-state index is 13.0. The van der Waals surface area contributed by atoms with Crippen LogP contribution < -0.4 is 0 Å². The van der Waals surface area contributed by atoms with Gasteiger partial charge < -0.3 is 9.47 Å². The van der Waals surface area contributed by atoms with E-state index in [4.69, 9.17) is 9.47 Å². The molecule has 6 heteroatoms. The molecule has 0 N–H and O–H groups in total. The molecule has 6 nitrogen and oxygen atoms in total. The maximum Gasteiger partial charge on any atom is 0.340 e. The number of rotatable bonds is 6. The molecule has 0 aliphatic heterocycles. The monoisotopic (exact) mass is 492 g/mol. The van der Waals surface area contributed by atoms with E-state index in [-0.39, 0.29) is 12.6 Å². The molecule has 5 rings (SSSR count). The molecule has 186 valence electrons. The molecule has 0 fully saturated rings. The molecule has 0 spiro atoms. The Morgan fingerprint density at radius 2 is 1.24 bits per heavy atom. The van der Waals surface area contributed by atoms with E-state index in [9.17, 15) is 9.59 Å². The van der Waals surface area contributed by atoms with Crippen molar-refractivity contribution in [3.8, 4) is 22.5 Å². The van der Waals surface area contributed by atoms with Crippen molar-refractivity contribution in [2.24, 2.45) is 0 Å². The minimum absolute atomic E-state index is 0.277. The molecule has 5 aromatic rings. The summed E-state index contributed by atoms with van der Waals surface area (Å²) in [5, 5.41) is 2.22. The molecule has 37 heavy (non-hydrogen) atoms. The quantitative estimate of drug-likeness (QED) is 0.248. The van der Waals surface area contributed by atoms with Crippen molar-refractivity contribution in [1.82, 2.24) is 9.35 Å². The first-order valence-corrected chi connectivity index (χ1v) is 12.2. The van der Waals surface area contributed by atoms with Gasteiger partial charge in [0.25, 0.3) is 0 Å². The Hall–Kier alpha value is -4.58. The van der Waals surface area contributed by atoms with Gasteiger partial charge in [0.05, 0.1) is 47.6 Å². The largest absolute Gasteiger partial charge is 0.465 e. The van der Waals surface area contributed by atoms with Crippen LogP contribution in [0.3, 0.4) is 0 Å². The van der Waals surface area contributed by atoms with Gasteiger partial charge in [0.1, 0.15) is 0 Å². The van der Waals surface area contributed by atoms with E-state index >= 15 is 0 Å². The first kappa shape index (κ1) is 24.1. The van der Waals surface area contributed by atoms with Gasteiger partial charge in [0.15, 0.2) is 0 Å². The van der Waals surface area contributed by atoms with Crippen molar-refractivity contribution in [3.63, 3.8) is 0 Å². The van der Waals surface area contributed by atoms with Gasteiger partial charge in [-0.05, 0) is 49.7 Å². The molecule has 2 heterocycles. The van der Waals surface area contributed by atoms with Gasteiger partial charge >= 0.3 is 11.9 Å². The number of methoxy groups -OCH3 is 1. The topological polar surface area (TPSA) is 62.5 Å². The lowest BCUT2D eigenvalue weighted by molar-refractivity contribution is 0.0524. The van der Waals surface area contributed by atoms with Crippen molar-refractivity contribution >= 4 is 22.7 Å². The highest BCUT2D eigenvalue weighted by Crippen LogP contribution is 2.34. The van der Waals surface area contributed by atoms with E-state index in [1.807, 2.05) is 83.9 Å². The number of nitrogens with zero attached hydrogens (tertiary/aromatic N) is 2. The third kappa shape index (κ3) is 4.20. The normalized spacial score (nSPS) is 11.0. The minimum Gasteiger partial charge on any atom is -0.465 e. The fourth-order valence-corrected chi connectivity index (χ4v) is 4.81. The minimum atomic E-state index is -0.420. The third-order valence-electron chi connectivity index (χ3n) is 6.65. The number of hydrogen-bond acceptors (Lipinski definition) is 4. The molecule has 0 amide bonds. The highest BCUT2D eigenvalue weighted by molar-refractivity contribution is 5.95. The van der Waals surface area contributed by atoms with E-state index in [2.05, 4.69) is 24.3 Å². The molecule has 0 aliphatic carbocycles. The second kappa shape index (κ2) is 9.82. The Morgan fingerprint density at radius 3 is 1.86 bits per heavy atom. The summed E-state index contributed by atoms with van der Waals surface area (Å²) in [6.07, 6.45) is 0. The number of aromatic nitrogens is 2. The molecule has 2 aromatic heterocycles. The zero-order valence-corrected chi connectivity index (χ0v) is 21.3. The van der Waals surface area contributed by atoms with Crippen LogP contribution >= 0.6 is 0 Å². The molecule has 3 aromatic carbocycles. The van der Waals surface area contributed by atoms with Crippen LogP contribution in [0.25, 0.3) is 33.3 Å². The van der Waals surface area contributed by atoms with Crippen molar-refractivity contribution in [3.05, 3.63) is 107 Å². The molecule has 0 aliphatic rings. The van der Waals surface area contributed by atoms with Crippen LogP contribution in [-0.4, -0.2) is 35.0 Å². The summed E-state index contributed by atoms with van der Waals surface area (Å²) in [6.45, 7) is 5.84. The summed E-state index contributed by atoms with van der Waals surface area (Å²) in [6, 6.07) is 27.9. The number of benzene rings is 3. The van der Waals surface area contributed by atoms with Crippen LogP contribution in [0.5, 0.6) is 0 Å². The van der Waals surface area contributed by atoms with Gasteiger partial charge in [-0.2, -0.15) is 0 Å². The fraction of sp³-hybridized carbons (Fsp3) is 0.161. The lowest BCUT2D eigenvalue weighted by Crippen LogP contribution is -2.17. The van der Waals surface area contributed by atoms with Gasteiger partial charge in [0, 0.05) is 11.1 Å². The molecule has 0 bridgehead atoms. The van der Waals surface area contributed by atoms with Crippen molar-refractivity contribution in [1.29, 1.82) is 0 Å². The molecule has 0 unspecified atom stereocenters. The summed E-state index contributed by atoms with van der Waals surface area (Å²) in [5.41, 5.74) is 5.79. The lowest BCUT2D eigenvalue weighted by Gasteiger charge is -2.20. The second-order valence-corrected chi connectivity index (χ2v) is 8.82. The Kier molecular flexibility index (Phi) is 6.40. The predicted octanol–water partition coefficient (Wildman–Crippen LogP) is 6.67. The van der Waals surface area contributed by atoms with Crippen LogP contribution in [0.2, 0.25) is 0 Å². The Balaban J connectivity index is 1.84. The summed E-state index contributed by atoms with van der Waals surface area (Å²) >= 11 is 0. The Labute approximate surface area is 215 Å². The fourth-order valence-electron chi connectivity index (χ4n) is 4.81. The smallest absolute Gasteiger partial charge is 0.340 e. The zero-order chi connectivity index (χ0) is 26.1. The summed E-state index contributed by atoms with van der Waals surface area (Å²) < 4.78 is 14.4. The van der Waals surface area contributed by atoms with Crippen molar-refractivity contribution in [2.75, 3.05) is 13.7 Å². The molecule has 0 saturated heterocycles. The zero-order valence-electron chi connectivity index (χ0n) is 21.3. The first-order chi connectivity index (χ1) is 17.9.